The first kappa shape index (κ1) is 30.9. The summed E-state index contributed by atoms with van der Waals surface area (Å²) in [5, 5.41) is 4.25. The summed E-state index contributed by atoms with van der Waals surface area (Å²) in [6.45, 7) is 0. The normalized spacial score (nSPS) is 12.7. The maximum absolute atomic E-state index is 8.99. The molecule has 0 saturated carbocycles. The van der Waals surface area contributed by atoms with Crippen molar-refractivity contribution in [1.82, 2.24) is 24.5 Å². The van der Waals surface area contributed by atoms with Crippen LogP contribution in [0.25, 0.3) is 115 Å². The van der Waals surface area contributed by atoms with Crippen molar-refractivity contribution in [2.75, 3.05) is 0 Å². The molecule has 0 amide bonds. The predicted octanol–water partition coefficient (Wildman–Crippen LogP) is 14.7. The van der Waals surface area contributed by atoms with Gasteiger partial charge in [0.1, 0.15) is 0 Å². The average molecular weight is 815 g/mol. The lowest BCUT2D eigenvalue weighted by molar-refractivity contribution is 1.07. The largest absolute Gasteiger partial charge is 0.309 e. The van der Waals surface area contributed by atoms with E-state index < -0.39 is 18.1 Å². The monoisotopic (exact) mass is 814 g/mol. The van der Waals surface area contributed by atoms with Crippen LogP contribution in [0.1, 0.15) is 6.85 Å². The highest BCUT2D eigenvalue weighted by molar-refractivity contribution is 7.26. The van der Waals surface area contributed by atoms with Gasteiger partial charge < -0.3 is 4.57 Å². The number of fused-ring (bicyclic) bond motifs is 6. The second kappa shape index (κ2) is 14.9. The van der Waals surface area contributed by atoms with Crippen molar-refractivity contribution in [3.63, 3.8) is 0 Å². The molecule has 5 nitrogen and oxygen atoms in total. The van der Waals surface area contributed by atoms with Crippen molar-refractivity contribution in [3.8, 4) is 73.2 Å². The van der Waals surface area contributed by atoms with Crippen LogP contribution in [0.3, 0.4) is 0 Å². The number of hydrogen-bond donors (Lipinski definition) is 0. The molecule has 0 atom stereocenters. The number of rotatable bonds is 7. The lowest BCUT2D eigenvalue weighted by Gasteiger charge is -2.13. The van der Waals surface area contributed by atoms with Crippen molar-refractivity contribution in [2.45, 2.75) is 0 Å². The van der Waals surface area contributed by atoms with Gasteiger partial charge in [0.2, 0.25) is 0 Å². The number of hydrogen-bond acceptors (Lipinski definition) is 5. The van der Waals surface area contributed by atoms with E-state index in [1.54, 1.807) is 17.5 Å². The Morgan fingerprint density at radius 3 is 1.87 bits per heavy atom. The summed E-state index contributed by atoms with van der Waals surface area (Å²) in [7, 11) is 0. The second-order valence-corrected chi connectivity index (χ2v) is 16.1. The molecule has 0 bridgehead atoms. The van der Waals surface area contributed by atoms with Gasteiger partial charge in [-0.25, -0.2) is 15.0 Å². The van der Waals surface area contributed by atoms with Gasteiger partial charge in [0, 0.05) is 71.3 Å². The summed E-state index contributed by atoms with van der Waals surface area (Å²) in [6.07, 6.45) is 3.65. The summed E-state index contributed by atoms with van der Waals surface area (Å²) >= 11 is 1.66. The van der Waals surface area contributed by atoms with E-state index in [1.165, 1.54) is 0 Å². The minimum absolute atomic E-state index is 0.0168. The topological polar surface area (TPSA) is 56.5 Å². The van der Waals surface area contributed by atoms with E-state index in [-0.39, 0.29) is 23.5 Å². The molecule has 0 aliphatic rings. The van der Waals surface area contributed by atoms with Gasteiger partial charge in [-0.3, -0.25) is 4.98 Å². The van der Waals surface area contributed by atoms with Crippen LogP contribution in [0, 0.1) is 0 Å². The van der Waals surface area contributed by atoms with Crippen molar-refractivity contribution in [3.05, 3.63) is 212 Å². The molecule has 8 aromatic carbocycles. The van der Waals surface area contributed by atoms with Crippen LogP contribution in [-0.2, 0) is 0 Å². The third kappa shape index (κ3) is 6.16. The Morgan fingerprint density at radius 1 is 0.403 bits per heavy atom. The van der Waals surface area contributed by atoms with Crippen molar-refractivity contribution >= 4 is 53.3 Å². The first-order valence-electron chi connectivity index (χ1n) is 22.8. The smallest absolute Gasteiger partial charge is 0.165 e. The predicted molar refractivity (Wildman–Crippen MR) is 257 cm³/mol. The summed E-state index contributed by atoms with van der Waals surface area (Å²) in [6, 6.07) is 56.1. The van der Waals surface area contributed by atoms with Gasteiger partial charge in [0.05, 0.1) is 17.9 Å². The molecule has 0 unspecified atom stereocenters. The van der Waals surface area contributed by atoms with Crippen molar-refractivity contribution in [2.24, 2.45) is 0 Å². The number of para-hydroxylation sites is 1. The first-order chi connectivity index (χ1) is 32.8. The van der Waals surface area contributed by atoms with Crippen LogP contribution >= 0.6 is 11.3 Å². The zero-order valence-electron chi connectivity index (χ0n) is 38.0. The molecule has 0 saturated heterocycles. The fraction of sp³-hybridized carbons (Fsp3) is 0. The Labute approximate surface area is 369 Å². The van der Waals surface area contributed by atoms with Gasteiger partial charge in [-0.15, -0.1) is 11.3 Å². The van der Waals surface area contributed by atoms with Crippen molar-refractivity contribution in [1.29, 1.82) is 0 Å². The molecule has 0 aliphatic carbocycles. The maximum Gasteiger partial charge on any atom is 0.165 e. The summed E-state index contributed by atoms with van der Waals surface area (Å²) < 4.78 is 47.8. The Bertz CT molecular complexity index is 3900. The maximum atomic E-state index is 8.99. The number of nitrogens with zero attached hydrogens (tertiary/aromatic N) is 5. The third-order valence-corrected chi connectivity index (χ3v) is 12.7. The molecule has 0 radical (unpaired) electrons. The summed E-state index contributed by atoms with van der Waals surface area (Å²) in [5.74, 6) is 0.596. The van der Waals surface area contributed by atoms with Gasteiger partial charge >= 0.3 is 0 Å². The van der Waals surface area contributed by atoms with E-state index in [1.807, 2.05) is 48.7 Å². The van der Waals surface area contributed by atoms with Gasteiger partial charge in [0.25, 0.3) is 0 Å². The van der Waals surface area contributed by atoms with E-state index in [9.17, 15) is 0 Å². The number of benzene rings is 8. The second-order valence-electron chi connectivity index (χ2n) is 15.1. The van der Waals surface area contributed by atoms with E-state index in [0.717, 1.165) is 81.0 Å². The molecule has 0 spiro atoms. The fourth-order valence-corrected chi connectivity index (χ4v) is 9.88. The highest BCUT2D eigenvalue weighted by Crippen LogP contribution is 2.46. The lowest BCUT2D eigenvalue weighted by atomic mass is 9.97. The zero-order valence-corrected chi connectivity index (χ0v) is 33.8. The van der Waals surface area contributed by atoms with Crippen molar-refractivity contribution < 1.29 is 6.85 Å². The Morgan fingerprint density at radius 2 is 1.05 bits per heavy atom. The van der Waals surface area contributed by atoms with Gasteiger partial charge in [0.15, 0.2) is 17.5 Å². The van der Waals surface area contributed by atoms with E-state index >= 15 is 0 Å². The highest BCUT2D eigenvalue weighted by Gasteiger charge is 2.22. The molecule has 12 rings (SSSR count). The molecule has 62 heavy (non-hydrogen) atoms. The quantitative estimate of drug-likeness (QED) is 0.161. The van der Waals surface area contributed by atoms with Crippen LogP contribution < -0.4 is 0 Å². The molecule has 4 heterocycles. The molecular weight excluding hydrogens is 775 g/mol. The molecule has 6 heteroatoms. The number of pyridine rings is 1. The molecule has 4 aromatic heterocycles. The van der Waals surface area contributed by atoms with Crippen LogP contribution in [0.15, 0.2) is 212 Å². The third-order valence-electron chi connectivity index (χ3n) is 11.4. The molecule has 0 N–H and O–H groups in total. The van der Waals surface area contributed by atoms with Crippen LogP contribution in [0.2, 0.25) is 0 Å². The summed E-state index contributed by atoms with van der Waals surface area (Å²) in [4.78, 5) is 19.5. The first-order valence-corrected chi connectivity index (χ1v) is 21.1. The molecule has 12 aromatic rings. The van der Waals surface area contributed by atoms with Crippen LogP contribution in [-0.4, -0.2) is 24.5 Å². The van der Waals surface area contributed by atoms with E-state index in [4.69, 9.17) is 21.8 Å². The Hall–Kier alpha value is -8.06. The minimum Gasteiger partial charge on any atom is -0.309 e. The fourth-order valence-electron chi connectivity index (χ4n) is 8.55. The number of aromatic nitrogens is 5. The van der Waals surface area contributed by atoms with Gasteiger partial charge in [-0.05, 0) is 64.2 Å². The minimum atomic E-state index is -0.487. The Balaban J connectivity index is 1.18. The molecule has 0 fully saturated rings. The Kier molecular flexibility index (Phi) is 7.42. The van der Waals surface area contributed by atoms with Crippen LogP contribution in [0.5, 0.6) is 0 Å². The molecule has 290 valence electrons. The van der Waals surface area contributed by atoms with Crippen LogP contribution in [0.4, 0.5) is 0 Å². The average Bonchev–Trinajstić information content (AvgIpc) is 3.93. The summed E-state index contributed by atoms with van der Waals surface area (Å²) in [5.41, 5.74) is 10.7. The zero-order chi connectivity index (χ0) is 45.3. The highest BCUT2D eigenvalue weighted by atomic mass is 32.1. The van der Waals surface area contributed by atoms with Gasteiger partial charge in [-0.1, -0.05) is 164 Å². The van der Waals surface area contributed by atoms with E-state index in [0.29, 0.717) is 22.8 Å². The molecular formula is C56H35N5S. The standard InChI is InChI=1S/C56H35N5S/c1-4-15-36(16-5-1)39-21-12-22-41(31-39)44-25-13-26-47-48-33-43(61-50-27-11-10-24-45(50)46-29-28-40(32-51(46)61)42-23-14-30-57-35-42)34-49(53(48)62-52(44)47)56-59-54(37-17-6-2-7-18-37)58-55(60-56)38-19-8-3-9-20-38/h1-35H/i2D,6D,7D,17D,18D. The number of thiophene rings is 1. The SMILES string of the molecule is [2H]c1c([2H])c([2H])c(-c2nc(-c3ccccc3)nc(-c3cc(-n4c5ccccc5c5ccc(-c6cccnc6)cc54)cc4c3sc3c(-c5cccc(-c6ccccc6)c5)cccc34)n2)c([2H])c1[2H]. The van der Waals surface area contributed by atoms with Gasteiger partial charge in [-0.2, -0.15) is 0 Å². The van der Waals surface area contributed by atoms with E-state index in [2.05, 4.69) is 137 Å². The molecule has 0 aliphatic heterocycles. The lowest BCUT2D eigenvalue weighted by Crippen LogP contribution is -2.01.